The molecule has 4 heteroatoms. The van der Waals surface area contributed by atoms with E-state index in [9.17, 15) is 15.0 Å². The van der Waals surface area contributed by atoms with Gasteiger partial charge in [0.15, 0.2) is 0 Å². The van der Waals surface area contributed by atoms with E-state index in [2.05, 4.69) is 165 Å². The molecule has 0 bridgehead atoms. The summed E-state index contributed by atoms with van der Waals surface area (Å²) < 4.78 is 0. The van der Waals surface area contributed by atoms with Crippen molar-refractivity contribution in [3.63, 3.8) is 0 Å². The van der Waals surface area contributed by atoms with E-state index in [0.29, 0.717) is 12.8 Å². The molecule has 0 aromatic heterocycles. The van der Waals surface area contributed by atoms with Crippen LogP contribution in [0.25, 0.3) is 0 Å². The summed E-state index contributed by atoms with van der Waals surface area (Å²) >= 11 is 0. The summed E-state index contributed by atoms with van der Waals surface area (Å²) in [7, 11) is 0. The Kier molecular flexibility index (Phi) is 49.5. The third-order valence-electron chi connectivity index (χ3n) is 10.6. The van der Waals surface area contributed by atoms with Crippen LogP contribution in [0, 0.1) is 0 Å². The van der Waals surface area contributed by atoms with E-state index in [1.54, 1.807) is 0 Å². The lowest BCUT2D eigenvalue weighted by atomic mass is 10.0. The van der Waals surface area contributed by atoms with Gasteiger partial charge in [0.1, 0.15) is 0 Å². The minimum Gasteiger partial charge on any atom is -0.394 e. The largest absolute Gasteiger partial charge is 0.394 e. The number of aliphatic hydroxyl groups is 2. The van der Waals surface area contributed by atoms with Crippen molar-refractivity contribution in [2.75, 3.05) is 6.61 Å². The topological polar surface area (TPSA) is 69.6 Å². The first-order chi connectivity index (χ1) is 31.2. The predicted molar refractivity (Wildman–Crippen MR) is 280 cm³/mol. The van der Waals surface area contributed by atoms with Gasteiger partial charge in [-0.1, -0.05) is 237 Å². The molecule has 0 heterocycles. The van der Waals surface area contributed by atoms with Crippen LogP contribution < -0.4 is 5.32 Å². The summed E-state index contributed by atoms with van der Waals surface area (Å²) in [6.07, 6.45) is 83.8. The number of carbonyl (C=O) groups excluding carboxylic acids is 1. The van der Waals surface area contributed by atoms with Crippen molar-refractivity contribution in [3.05, 3.63) is 146 Å². The Morgan fingerprint density at radius 3 is 1.02 bits per heavy atom. The van der Waals surface area contributed by atoms with Gasteiger partial charge in [-0.3, -0.25) is 4.79 Å². The van der Waals surface area contributed by atoms with Gasteiger partial charge in [0, 0.05) is 6.42 Å². The van der Waals surface area contributed by atoms with Crippen LogP contribution in [0.15, 0.2) is 146 Å². The van der Waals surface area contributed by atoms with Crippen LogP contribution in [0.2, 0.25) is 0 Å². The number of hydrogen-bond acceptors (Lipinski definition) is 3. The Balaban J connectivity index is 3.73. The van der Waals surface area contributed by atoms with E-state index in [4.69, 9.17) is 0 Å². The average Bonchev–Trinajstić information content (AvgIpc) is 3.29. The molecular formula is C59H95NO3. The molecule has 0 spiro atoms. The molecule has 354 valence electrons. The summed E-state index contributed by atoms with van der Waals surface area (Å²) in [5, 5.41) is 23.1. The molecule has 0 rings (SSSR count). The van der Waals surface area contributed by atoms with Crippen molar-refractivity contribution in [1.29, 1.82) is 0 Å². The molecular weight excluding hydrogens is 771 g/mol. The van der Waals surface area contributed by atoms with Crippen LogP contribution in [-0.2, 0) is 4.79 Å². The summed E-state index contributed by atoms with van der Waals surface area (Å²) in [5.74, 6) is -0.0811. The van der Waals surface area contributed by atoms with Crippen LogP contribution in [0.1, 0.15) is 200 Å². The average molecular weight is 866 g/mol. The van der Waals surface area contributed by atoms with Crippen molar-refractivity contribution in [1.82, 2.24) is 5.32 Å². The smallest absolute Gasteiger partial charge is 0.220 e. The zero-order chi connectivity index (χ0) is 45.6. The van der Waals surface area contributed by atoms with Gasteiger partial charge in [-0.05, 0) is 103 Å². The summed E-state index contributed by atoms with van der Waals surface area (Å²) in [4.78, 5) is 12.4. The second kappa shape index (κ2) is 52.6. The van der Waals surface area contributed by atoms with Gasteiger partial charge in [-0.15, -0.1) is 0 Å². The summed E-state index contributed by atoms with van der Waals surface area (Å²) in [6, 6.07) is -0.569. The van der Waals surface area contributed by atoms with Gasteiger partial charge >= 0.3 is 0 Å². The first-order valence-electron chi connectivity index (χ1n) is 25.5. The Labute approximate surface area is 389 Å². The fourth-order valence-corrected chi connectivity index (χ4v) is 6.75. The van der Waals surface area contributed by atoms with Gasteiger partial charge in [-0.2, -0.15) is 0 Å². The second-order valence-corrected chi connectivity index (χ2v) is 16.5. The highest BCUT2D eigenvalue weighted by Gasteiger charge is 2.19. The van der Waals surface area contributed by atoms with Gasteiger partial charge in [0.2, 0.25) is 5.91 Å². The number of allylic oxidation sites excluding steroid dienone is 24. The molecule has 0 radical (unpaired) electrons. The number of hydrogen-bond donors (Lipinski definition) is 3. The predicted octanol–water partition coefficient (Wildman–Crippen LogP) is 16.9. The molecule has 0 fully saturated rings. The van der Waals surface area contributed by atoms with Gasteiger partial charge in [-0.25, -0.2) is 0 Å². The Morgan fingerprint density at radius 1 is 0.397 bits per heavy atom. The van der Waals surface area contributed by atoms with Gasteiger partial charge in [0.05, 0.1) is 18.8 Å². The first-order valence-corrected chi connectivity index (χ1v) is 25.5. The van der Waals surface area contributed by atoms with Gasteiger partial charge < -0.3 is 15.5 Å². The number of rotatable bonds is 44. The molecule has 0 aliphatic heterocycles. The van der Waals surface area contributed by atoms with E-state index in [1.165, 1.54) is 64.2 Å². The third-order valence-corrected chi connectivity index (χ3v) is 10.6. The van der Waals surface area contributed by atoms with E-state index >= 15 is 0 Å². The van der Waals surface area contributed by atoms with Crippen molar-refractivity contribution < 1.29 is 15.0 Å². The number of carbonyl (C=O) groups is 1. The molecule has 0 aromatic rings. The fraction of sp³-hybridized carbons (Fsp3) is 0.576. The molecule has 0 aromatic carbocycles. The minimum atomic E-state index is -0.687. The lowest BCUT2D eigenvalue weighted by molar-refractivity contribution is -0.123. The maximum atomic E-state index is 12.4. The van der Waals surface area contributed by atoms with Crippen LogP contribution in [0.4, 0.5) is 0 Å². The summed E-state index contributed by atoms with van der Waals surface area (Å²) in [5.41, 5.74) is 0. The SMILES string of the molecule is CC/C=C\C/C=C\C/C=C\C/C=C\C/C=C\C/C=C\C/C=C\C/C=C\C/C=C\C/C=C\C/C=C\C/C=C\CCCCC(=O)NC(CO)C(O)CCCCCCCCCCCCCC. The zero-order valence-corrected chi connectivity index (χ0v) is 40.5. The van der Waals surface area contributed by atoms with E-state index in [0.717, 1.165) is 109 Å². The number of aliphatic hydroxyl groups excluding tert-OH is 2. The molecule has 63 heavy (non-hydrogen) atoms. The Morgan fingerprint density at radius 2 is 0.698 bits per heavy atom. The van der Waals surface area contributed by atoms with Crippen molar-refractivity contribution in [2.24, 2.45) is 0 Å². The lowest BCUT2D eigenvalue weighted by Crippen LogP contribution is -2.45. The van der Waals surface area contributed by atoms with Crippen LogP contribution in [0.3, 0.4) is 0 Å². The summed E-state index contributed by atoms with van der Waals surface area (Å²) in [6.45, 7) is 4.20. The Hall–Kier alpha value is -3.73. The molecule has 0 saturated carbocycles. The normalized spacial score (nSPS) is 14.2. The molecule has 0 saturated heterocycles. The fourth-order valence-electron chi connectivity index (χ4n) is 6.75. The van der Waals surface area contributed by atoms with Crippen LogP contribution in [-0.4, -0.2) is 34.9 Å². The van der Waals surface area contributed by atoms with E-state index < -0.39 is 12.1 Å². The minimum absolute atomic E-state index is 0.0811. The van der Waals surface area contributed by atoms with E-state index in [1.807, 2.05) is 0 Å². The lowest BCUT2D eigenvalue weighted by Gasteiger charge is -2.22. The highest BCUT2D eigenvalue weighted by atomic mass is 16.3. The van der Waals surface area contributed by atoms with Gasteiger partial charge in [0.25, 0.3) is 0 Å². The maximum absolute atomic E-state index is 12.4. The van der Waals surface area contributed by atoms with Crippen molar-refractivity contribution in [3.8, 4) is 0 Å². The number of nitrogens with one attached hydrogen (secondary N) is 1. The maximum Gasteiger partial charge on any atom is 0.220 e. The molecule has 3 N–H and O–H groups in total. The highest BCUT2D eigenvalue weighted by Crippen LogP contribution is 2.14. The monoisotopic (exact) mass is 866 g/mol. The van der Waals surface area contributed by atoms with E-state index in [-0.39, 0.29) is 12.5 Å². The molecule has 0 aliphatic rings. The highest BCUT2D eigenvalue weighted by molar-refractivity contribution is 5.76. The van der Waals surface area contributed by atoms with Crippen LogP contribution in [0.5, 0.6) is 0 Å². The molecule has 0 aliphatic carbocycles. The van der Waals surface area contributed by atoms with Crippen LogP contribution >= 0.6 is 0 Å². The molecule has 1 amide bonds. The quantitative estimate of drug-likeness (QED) is 0.0422. The van der Waals surface area contributed by atoms with Crippen molar-refractivity contribution in [2.45, 2.75) is 212 Å². The molecule has 4 nitrogen and oxygen atoms in total. The first kappa shape index (κ1) is 59.3. The number of unbranched alkanes of at least 4 members (excludes halogenated alkanes) is 13. The van der Waals surface area contributed by atoms with Crippen molar-refractivity contribution >= 4 is 5.91 Å². The molecule has 2 atom stereocenters. The third kappa shape index (κ3) is 49.1. The zero-order valence-electron chi connectivity index (χ0n) is 40.5. The number of amides is 1. The second-order valence-electron chi connectivity index (χ2n) is 16.5. The standard InChI is InChI=1S/C59H95NO3/c1-3-5-7-9-11-13-15-17-18-19-20-21-22-23-24-25-26-27-28-29-30-31-32-33-34-35-36-37-38-39-40-41-42-43-45-47-49-51-53-55-59(63)60-57(56-61)58(62)54-52-50-48-46-44-16-14-12-10-8-6-4-2/h5,7,11,13,17-18,20-21,23-24,26-27,29-30,32-33,35-36,38-39,41-42,45,47,57-58,61-62H,3-4,6,8-10,12,14-16,19,22,25,28,31,34,37,40,43-44,46,48-56H2,1-2H3,(H,60,63)/b7-5-,13-11-,18-17-,21-20-,24-23-,27-26-,30-29-,33-32-,36-35-,39-38-,42-41-,47-45-. The molecule has 2 unspecified atom stereocenters. The Bertz CT molecular complexity index is 1350.